The predicted octanol–water partition coefficient (Wildman–Crippen LogP) is -4.57. The maximum absolute atomic E-state index is 13.8. The molecule has 0 aromatic rings. The standard InChI is InChI=1S/C30H49N9O12S/c1-14(2)10-15(31)25(46)38-19(13-52)28(49)35-16(5-7-21(32)40)27(48)36-17(6-8-22(33)41)30(51)39-9-3-4-20(39)29(50)37-18(11-23(42)43)26(47)34-12-24(44)45/h14-20,52H,3-13,31H2,1-2H3,(H2,32,40)(H2,33,41)(H,34,47)(H,35,49)(H,36,48)(H,37,50)(H,38,46)(H,42,43)(H,44,45)/t15-,16-,17-,18-,19-,20-/m0/s1. The van der Waals surface area contributed by atoms with Gasteiger partial charge in [-0.25, -0.2) is 0 Å². The fourth-order valence-corrected chi connectivity index (χ4v) is 5.43. The molecule has 0 aromatic heterocycles. The van der Waals surface area contributed by atoms with E-state index in [2.05, 4.69) is 33.9 Å². The Kier molecular flexibility index (Phi) is 19.1. The fourth-order valence-electron chi connectivity index (χ4n) is 5.17. The molecule has 21 nitrogen and oxygen atoms in total. The number of carbonyl (C=O) groups excluding carboxylic acids is 8. The molecule has 8 amide bonds. The van der Waals surface area contributed by atoms with Crippen LogP contribution in [0.5, 0.6) is 0 Å². The molecule has 22 heteroatoms. The number of nitrogens with one attached hydrogen (secondary N) is 5. The number of carboxylic acid groups (broad SMARTS) is 2. The first-order chi connectivity index (χ1) is 24.3. The van der Waals surface area contributed by atoms with Crippen LogP contribution in [0.3, 0.4) is 0 Å². The van der Waals surface area contributed by atoms with Crippen molar-refractivity contribution in [3.05, 3.63) is 0 Å². The van der Waals surface area contributed by atoms with Gasteiger partial charge in [-0.2, -0.15) is 12.6 Å². The van der Waals surface area contributed by atoms with E-state index in [0.717, 1.165) is 4.90 Å². The molecule has 1 heterocycles. The first-order valence-corrected chi connectivity index (χ1v) is 17.1. The van der Waals surface area contributed by atoms with Crippen molar-refractivity contribution in [3.63, 3.8) is 0 Å². The maximum atomic E-state index is 13.8. The normalized spacial score (nSPS) is 16.7. The summed E-state index contributed by atoms with van der Waals surface area (Å²) in [4.78, 5) is 125. The van der Waals surface area contributed by atoms with E-state index in [4.69, 9.17) is 22.3 Å². The van der Waals surface area contributed by atoms with E-state index in [0.29, 0.717) is 6.42 Å². The molecule has 0 radical (unpaired) electrons. The van der Waals surface area contributed by atoms with Crippen LogP contribution in [0.25, 0.3) is 0 Å². The van der Waals surface area contributed by atoms with Crippen LogP contribution in [0.2, 0.25) is 0 Å². The second kappa shape index (κ2) is 22.1. The first-order valence-electron chi connectivity index (χ1n) is 16.4. The number of hydrogen-bond acceptors (Lipinski definition) is 12. The lowest BCUT2D eigenvalue weighted by atomic mass is 10.0. The molecule has 1 aliphatic rings. The van der Waals surface area contributed by atoms with Crippen LogP contribution in [0.1, 0.15) is 65.2 Å². The lowest BCUT2D eigenvalue weighted by Crippen LogP contribution is -2.59. The molecule has 6 atom stereocenters. The first kappa shape index (κ1) is 45.0. The van der Waals surface area contributed by atoms with Crippen LogP contribution in [-0.4, -0.2) is 129 Å². The van der Waals surface area contributed by atoms with Gasteiger partial charge in [0.2, 0.25) is 47.3 Å². The number of hydrogen-bond donors (Lipinski definition) is 11. The summed E-state index contributed by atoms with van der Waals surface area (Å²) in [5, 5.41) is 29.5. The summed E-state index contributed by atoms with van der Waals surface area (Å²) < 4.78 is 0. The van der Waals surface area contributed by atoms with Crippen molar-refractivity contribution in [3.8, 4) is 0 Å². The summed E-state index contributed by atoms with van der Waals surface area (Å²) in [6.07, 6.45) is -1.76. The zero-order valence-corrected chi connectivity index (χ0v) is 29.8. The van der Waals surface area contributed by atoms with Gasteiger partial charge in [-0.15, -0.1) is 0 Å². The molecular formula is C30H49N9O12S. The van der Waals surface area contributed by atoms with Crippen molar-refractivity contribution in [2.75, 3.05) is 18.8 Å². The second-order valence-corrected chi connectivity index (χ2v) is 12.9. The number of amides is 8. The molecule has 0 aromatic carbocycles. The number of nitrogens with two attached hydrogens (primary N) is 3. The highest BCUT2D eigenvalue weighted by Crippen LogP contribution is 2.20. The molecule has 1 saturated heterocycles. The lowest BCUT2D eigenvalue weighted by Gasteiger charge is -2.30. The largest absolute Gasteiger partial charge is 0.481 e. The van der Waals surface area contributed by atoms with Gasteiger partial charge in [0.15, 0.2) is 0 Å². The number of aliphatic carboxylic acids is 2. The Morgan fingerprint density at radius 3 is 1.81 bits per heavy atom. The Morgan fingerprint density at radius 1 is 0.750 bits per heavy atom. The smallest absolute Gasteiger partial charge is 0.322 e. The minimum atomic E-state index is -1.70. The van der Waals surface area contributed by atoms with Gasteiger partial charge in [-0.1, -0.05) is 13.8 Å². The Bertz CT molecular complexity index is 1360. The number of carbonyl (C=O) groups is 10. The third kappa shape index (κ3) is 15.9. The summed E-state index contributed by atoms with van der Waals surface area (Å²) >= 11 is 4.10. The van der Waals surface area contributed by atoms with Crippen molar-refractivity contribution < 1.29 is 58.2 Å². The summed E-state index contributed by atoms with van der Waals surface area (Å²) in [7, 11) is 0. The van der Waals surface area contributed by atoms with Gasteiger partial charge in [-0.3, -0.25) is 47.9 Å². The lowest BCUT2D eigenvalue weighted by molar-refractivity contribution is -0.144. The number of nitrogens with zero attached hydrogens (tertiary/aromatic N) is 1. The molecule has 1 rings (SSSR count). The SMILES string of the molecule is CC(C)C[C@H](N)C(=O)N[C@@H](CS)C(=O)N[C@@H](CCC(N)=O)C(=O)N[C@@H](CCC(N)=O)C(=O)N1CCC[C@H]1C(=O)N[C@@H](CC(=O)O)C(=O)NCC(=O)O. The molecule has 1 fully saturated rings. The average molecular weight is 760 g/mol. The quantitative estimate of drug-likeness (QED) is 0.0438. The average Bonchev–Trinajstić information content (AvgIpc) is 3.54. The van der Waals surface area contributed by atoms with E-state index >= 15 is 0 Å². The Morgan fingerprint density at radius 2 is 1.29 bits per heavy atom. The van der Waals surface area contributed by atoms with Crippen LogP contribution < -0.4 is 43.8 Å². The number of rotatable bonds is 23. The third-order valence-corrected chi connectivity index (χ3v) is 8.11. The number of carboxylic acids is 2. The molecule has 0 unspecified atom stereocenters. The molecule has 0 spiro atoms. The van der Waals surface area contributed by atoms with Crippen LogP contribution in [-0.2, 0) is 47.9 Å². The van der Waals surface area contributed by atoms with Crippen LogP contribution in [0.15, 0.2) is 0 Å². The van der Waals surface area contributed by atoms with Gasteiger partial charge >= 0.3 is 11.9 Å². The van der Waals surface area contributed by atoms with Gasteiger partial charge < -0.3 is 58.9 Å². The highest BCUT2D eigenvalue weighted by atomic mass is 32.1. The van der Waals surface area contributed by atoms with E-state index in [1.54, 1.807) is 0 Å². The number of likely N-dealkylation sites (tertiary alicyclic amines) is 1. The molecule has 13 N–H and O–H groups in total. The second-order valence-electron chi connectivity index (χ2n) is 12.6. The van der Waals surface area contributed by atoms with Gasteiger partial charge in [0.1, 0.15) is 36.8 Å². The molecule has 292 valence electrons. The minimum absolute atomic E-state index is 0.0290. The van der Waals surface area contributed by atoms with Crippen LogP contribution >= 0.6 is 12.6 Å². The Balaban J connectivity index is 3.25. The molecule has 1 aliphatic heterocycles. The van der Waals surface area contributed by atoms with E-state index < -0.39 is 115 Å². The van der Waals surface area contributed by atoms with Gasteiger partial charge in [0.05, 0.1) is 12.5 Å². The summed E-state index contributed by atoms with van der Waals surface area (Å²) in [5.74, 6) is -10.1. The Labute approximate surface area is 304 Å². The van der Waals surface area contributed by atoms with Crippen molar-refractivity contribution in [2.24, 2.45) is 23.1 Å². The van der Waals surface area contributed by atoms with Crippen LogP contribution in [0.4, 0.5) is 0 Å². The zero-order valence-electron chi connectivity index (χ0n) is 28.9. The number of thiol groups is 1. The van der Waals surface area contributed by atoms with E-state index in [1.807, 2.05) is 19.2 Å². The number of primary amides is 2. The van der Waals surface area contributed by atoms with E-state index in [1.165, 1.54) is 0 Å². The van der Waals surface area contributed by atoms with E-state index in [9.17, 15) is 53.1 Å². The molecular weight excluding hydrogens is 710 g/mol. The molecule has 52 heavy (non-hydrogen) atoms. The van der Waals surface area contributed by atoms with Crippen molar-refractivity contribution in [1.82, 2.24) is 31.5 Å². The van der Waals surface area contributed by atoms with E-state index in [-0.39, 0.29) is 50.3 Å². The highest BCUT2D eigenvalue weighted by molar-refractivity contribution is 7.80. The zero-order chi connectivity index (χ0) is 39.7. The van der Waals surface area contributed by atoms with Crippen molar-refractivity contribution in [2.45, 2.75) is 101 Å². The monoisotopic (exact) mass is 759 g/mol. The maximum Gasteiger partial charge on any atom is 0.322 e. The topological polar surface area (TPSA) is 353 Å². The molecule has 0 aliphatic carbocycles. The predicted molar refractivity (Wildman–Crippen MR) is 183 cm³/mol. The fraction of sp³-hybridized carbons (Fsp3) is 0.667. The molecule has 0 bridgehead atoms. The van der Waals surface area contributed by atoms with Crippen molar-refractivity contribution >= 4 is 71.8 Å². The minimum Gasteiger partial charge on any atom is -0.481 e. The summed E-state index contributed by atoms with van der Waals surface area (Å²) in [6, 6.07) is -8.16. The van der Waals surface area contributed by atoms with Gasteiger partial charge in [0, 0.05) is 25.1 Å². The Hall–Kier alpha value is -4.99. The van der Waals surface area contributed by atoms with Gasteiger partial charge in [-0.05, 0) is 38.0 Å². The third-order valence-electron chi connectivity index (χ3n) is 7.75. The summed E-state index contributed by atoms with van der Waals surface area (Å²) in [6.45, 7) is 2.82. The van der Waals surface area contributed by atoms with Crippen molar-refractivity contribution in [1.29, 1.82) is 0 Å². The van der Waals surface area contributed by atoms with Gasteiger partial charge in [0.25, 0.3) is 0 Å². The molecule has 0 saturated carbocycles. The highest BCUT2D eigenvalue weighted by Gasteiger charge is 2.40. The van der Waals surface area contributed by atoms with Crippen LogP contribution in [0, 0.1) is 5.92 Å². The summed E-state index contributed by atoms with van der Waals surface area (Å²) in [5.41, 5.74) is 16.5.